The summed E-state index contributed by atoms with van der Waals surface area (Å²) in [5, 5.41) is 3.83. The van der Waals surface area contributed by atoms with Gasteiger partial charge in [0.05, 0.1) is 0 Å². The van der Waals surface area contributed by atoms with E-state index >= 15 is 0 Å². The predicted octanol–water partition coefficient (Wildman–Crippen LogP) is 3.44. The molecule has 0 radical (unpaired) electrons. The average molecular weight is 405 g/mol. The third-order valence-electron chi connectivity index (χ3n) is 4.25. The molecular weight excluding hydrogens is 372 g/mol. The van der Waals surface area contributed by atoms with E-state index in [4.69, 9.17) is 9.72 Å². The average Bonchev–Trinajstić information content (AvgIpc) is 3.12. The van der Waals surface area contributed by atoms with Gasteiger partial charge in [-0.1, -0.05) is 43.7 Å². The van der Waals surface area contributed by atoms with Crippen LogP contribution in [0.1, 0.15) is 43.6 Å². The summed E-state index contributed by atoms with van der Waals surface area (Å²) in [5.41, 5.74) is 2.46. The summed E-state index contributed by atoms with van der Waals surface area (Å²) in [5.74, 6) is 1.38. The molecule has 154 valence electrons. The van der Waals surface area contributed by atoms with Crippen molar-refractivity contribution < 1.29 is 9.53 Å². The highest BCUT2D eigenvalue weighted by atomic mass is 32.1. The normalized spacial score (nSPS) is 11.0. The molecule has 6 nitrogen and oxygen atoms in total. The maximum absolute atomic E-state index is 12.1. The second-order valence-electron chi connectivity index (χ2n) is 7.44. The van der Waals surface area contributed by atoms with Crippen LogP contribution in [0.25, 0.3) is 0 Å². The molecule has 7 heteroatoms. The highest BCUT2D eigenvalue weighted by Gasteiger charge is 2.16. The summed E-state index contributed by atoms with van der Waals surface area (Å²) in [6.07, 6.45) is 2.01. The molecule has 0 aliphatic rings. The second kappa shape index (κ2) is 11.8. The summed E-state index contributed by atoms with van der Waals surface area (Å²) in [7, 11) is 1.67. The summed E-state index contributed by atoms with van der Waals surface area (Å²) >= 11 is 1.41. The Morgan fingerprint density at radius 3 is 2.71 bits per heavy atom. The van der Waals surface area contributed by atoms with Crippen molar-refractivity contribution in [3.8, 4) is 0 Å². The van der Waals surface area contributed by atoms with E-state index in [-0.39, 0.29) is 5.91 Å². The summed E-state index contributed by atoms with van der Waals surface area (Å²) in [4.78, 5) is 19.0. The van der Waals surface area contributed by atoms with Crippen LogP contribution in [-0.2, 0) is 16.0 Å². The van der Waals surface area contributed by atoms with Gasteiger partial charge in [0.2, 0.25) is 11.0 Å². The molecule has 0 aliphatic heterocycles. The number of ether oxygens (including phenoxy) is 1. The lowest BCUT2D eigenvalue weighted by molar-refractivity contribution is -0.120. The fourth-order valence-electron chi connectivity index (χ4n) is 2.81. The maximum atomic E-state index is 12.1. The number of methoxy groups -OCH3 is 1. The first-order valence-electron chi connectivity index (χ1n) is 9.86. The SMILES string of the molecule is COCCCNC(=O)CCN(CC(C)C)c1nc(Cc2ccc(C)cc2)ns1. The lowest BCUT2D eigenvalue weighted by Crippen LogP contribution is -2.33. The molecule has 0 spiro atoms. The molecule has 0 bridgehead atoms. The zero-order valence-corrected chi connectivity index (χ0v) is 18.2. The minimum atomic E-state index is 0.0641. The molecule has 0 atom stereocenters. The minimum Gasteiger partial charge on any atom is -0.385 e. The van der Waals surface area contributed by atoms with Gasteiger partial charge < -0.3 is 15.0 Å². The second-order valence-corrected chi connectivity index (χ2v) is 8.17. The first-order chi connectivity index (χ1) is 13.5. The third-order valence-corrected chi connectivity index (χ3v) is 5.07. The van der Waals surface area contributed by atoms with E-state index in [0.29, 0.717) is 32.0 Å². The number of amides is 1. The van der Waals surface area contributed by atoms with Gasteiger partial charge in [-0.25, -0.2) is 4.98 Å². The smallest absolute Gasteiger partial charge is 0.221 e. The Morgan fingerprint density at radius 2 is 2.04 bits per heavy atom. The van der Waals surface area contributed by atoms with E-state index in [0.717, 1.165) is 30.3 Å². The van der Waals surface area contributed by atoms with Crippen molar-refractivity contribution in [1.29, 1.82) is 0 Å². The Balaban J connectivity index is 1.92. The van der Waals surface area contributed by atoms with Gasteiger partial charge in [0, 0.05) is 57.7 Å². The van der Waals surface area contributed by atoms with Crippen LogP contribution in [0, 0.1) is 12.8 Å². The monoisotopic (exact) mass is 404 g/mol. The molecule has 2 rings (SSSR count). The van der Waals surface area contributed by atoms with Crippen LogP contribution in [0.5, 0.6) is 0 Å². The first-order valence-corrected chi connectivity index (χ1v) is 10.6. The van der Waals surface area contributed by atoms with Crippen molar-refractivity contribution >= 4 is 22.6 Å². The first kappa shape index (κ1) is 22.3. The Morgan fingerprint density at radius 1 is 1.29 bits per heavy atom. The van der Waals surface area contributed by atoms with Gasteiger partial charge in [-0.3, -0.25) is 4.79 Å². The Hall–Kier alpha value is -1.99. The fraction of sp³-hybridized carbons (Fsp3) is 0.571. The number of anilines is 1. The lowest BCUT2D eigenvalue weighted by atomic mass is 10.1. The van der Waals surface area contributed by atoms with Crippen molar-refractivity contribution in [2.24, 2.45) is 5.92 Å². The van der Waals surface area contributed by atoms with Crippen molar-refractivity contribution in [3.05, 3.63) is 41.2 Å². The van der Waals surface area contributed by atoms with Crippen molar-refractivity contribution in [2.75, 3.05) is 38.3 Å². The molecule has 0 fully saturated rings. The zero-order valence-electron chi connectivity index (χ0n) is 17.4. The minimum absolute atomic E-state index is 0.0641. The summed E-state index contributed by atoms with van der Waals surface area (Å²) in [6.45, 7) is 9.24. The van der Waals surface area contributed by atoms with Crippen LogP contribution in [0.15, 0.2) is 24.3 Å². The summed E-state index contributed by atoms with van der Waals surface area (Å²) < 4.78 is 9.53. The summed E-state index contributed by atoms with van der Waals surface area (Å²) in [6, 6.07) is 8.46. The molecule has 1 N–H and O–H groups in total. The molecule has 0 aliphatic carbocycles. The van der Waals surface area contributed by atoms with Crippen LogP contribution in [-0.4, -0.2) is 48.6 Å². The largest absolute Gasteiger partial charge is 0.385 e. The van der Waals surface area contributed by atoms with Crippen molar-refractivity contribution in [3.63, 3.8) is 0 Å². The number of aryl methyl sites for hydroxylation is 1. The van der Waals surface area contributed by atoms with Crippen LogP contribution >= 0.6 is 11.5 Å². The van der Waals surface area contributed by atoms with Crippen molar-refractivity contribution in [2.45, 2.75) is 40.0 Å². The van der Waals surface area contributed by atoms with Crippen molar-refractivity contribution in [1.82, 2.24) is 14.7 Å². The van der Waals surface area contributed by atoms with Crippen LogP contribution in [0.3, 0.4) is 0 Å². The van der Waals surface area contributed by atoms with Gasteiger partial charge in [0.15, 0.2) is 0 Å². The number of nitrogens with zero attached hydrogens (tertiary/aromatic N) is 3. The van der Waals surface area contributed by atoms with Gasteiger partial charge in [-0.05, 0) is 24.8 Å². The van der Waals surface area contributed by atoms with Gasteiger partial charge >= 0.3 is 0 Å². The Bertz CT molecular complexity index is 715. The van der Waals surface area contributed by atoms with Crippen LogP contribution < -0.4 is 10.2 Å². The number of carbonyl (C=O) groups excluding carboxylic acids is 1. The molecule has 2 aromatic rings. The van der Waals surface area contributed by atoms with E-state index < -0.39 is 0 Å². The quantitative estimate of drug-likeness (QED) is 0.549. The number of nitrogens with one attached hydrogen (secondary N) is 1. The standard InChI is InChI=1S/C21H32N4O2S/c1-16(2)15-25(12-10-20(26)22-11-5-13-27-4)21-23-19(24-28-21)14-18-8-6-17(3)7-9-18/h6-9,16H,5,10-15H2,1-4H3,(H,22,26). The molecule has 0 saturated heterocycles. The maximum Gasteiger partial charge on any atom is 0.221 e. The van der Waals surface area contributed by atoms with Gasteiger partial charge in [0.25, 0.3) is 0 Å². The van der Waals surface area contributed by atoms with E-state index in [1.807, 2.05) is 0 Å². The topological polar surface area (TPSA) is 67.3 Å². The molecule has 1 aromatic carbocycles. The molecule has 1 amide bonds. The predicted molar refractivity (Wildman–Crippen MR) is 115 cm³/mol. The molecule has 0 unspecified atom stereocenters. The van der Waals surface area contributed by atoms with E-state index in [9.17, 15) is 4.79 Å². The van der Waals surface area contributed by atoms with E-state index in [1.54, 1.807) is 7.11 Å². The van der Waals surface area contributed by atoms with E-state index in [2.05, 4.69) is 59.6 Å². The number of carbonyl (C=O) groups is 1. The van der Waals surface area contributed by atoms with Crippen LogP contribution in [0.4, 0.5) is 5.13 Å². The molecule has 28 heavy (non-hydrogen) atoms. The highest BCUT2D eigenvalue weighted by molar-refractivity contribution is 7.09. The number of rotatable bonds is 12. The third kappa shape index (κ3) is 7.94. The lowest BCUT2D eigenvalue weighted by Gasteiger charge is -2.23. The fourth-order valence-corrected chi connectivity index (χ4v) is 3.53. The van der Waals surface area contributed by atoms with Gasteiger partial charge in [-0.2, -0.15) is 4.37 Å². The highest BCUT2D eigenvalue weighted by Crippen LogP contribution is 2.20. The molecule has 0 saturated carbocycles. The molecule has 1 aromatic heterocycles. The van der Waals surface area contributed by atoms with Crippen LogP contribution in [0.2, 0.25) is 0 Å². The molecule has 1 heterocycles. The number of benzene rings is 1. The van der Waals surface area contributed by atoms with Gasteiger partial charge in [0.1, 0.15) is 5.82 Å². The zero-order chi connectivity index (χ0) is 20.4. The number of hydrogen-bond donors (Lipinski definition) is 1. The molecular formula is C21H32N4O2S. The van der Waals surface area contributed by atoms with Gasteiger partial charge in [-0.15, -0.1) is 0 Å². The Kier molecular flexibility index (Phi) is 9.37. The van der Waals surface area contributed by atoms with E-state index in [1.165, 1.54) is 22.7 Å². The number of hydrogen-bond acceptors (Lipinski definition) is 6. The Labute approximate surface area is 172 Å². The number of aromatic nitrogens is 2.